The predicted octanol–water partition coefficient (Wildman–Crippen LogP) is 2.24. The van der Waals surface area contributed by atoms with Crippen LogP contribution in [-0.2, 0) is 9.53 Å². The molecule has 1 aliphatic carbocycles. The normalized spacial score (nSPS) is 17.5. The molecule has 0 spiro atoms. The first kappa shape index (κ1) is 12.5. The second-order valence-corrected chi connectivity index (χ2v) is 4.44. The maximum absolute atomic E-state index is 11.4. The number of unbranched alkanes of at least 4 members (excludes halogenated alkanes) is 4. The zero-order chi connectivity index (χ0) is 11.1. The lowest BCUT2D eigenvalue weighted by Gasteiger charge is -2.09. The Morgan fingerprint density at radius 3 is 2.60 bits per heavy atom. The van der Waals surface area contributed by atoms with Crippen molar-refractivity contribution in [1.29, 1.82) is 0 Å². The van der Waals surface area contributed by atoms with Gasteiger partial charge in [-0.1, -0.05) is 32.6 Å². The van der Waals surface area contributed by atoms with E-state index < -0.39 is 0 Å². The summed E-state index contributed by atoms with van der Waals surface area (Å²) in [6, 6.07) is -0.361. The van der Waals surface area contributed by atoms with Gasteiger partial charge in [-0.25, -0.2) is 0 Å². The lowest BCUT2D eigenvalue weighted by Crippen LogP contribution is -2.34. The van der Waals surface area contributed by atoms with Gasteiger partial charge in [-0.3, -0.25) is 4.79 Å². The zero-order valence-electron chi connectivity index (χ0n) is 9.71. The minimum absolute atomic E-state index is 0.201. The minimum atomic E-state index is -0.361. The molecule has 3 nitrogen and oxygen atoms in total. The monoisotopic (exact) mass is 213 g/mol. The summed E-state index contributed by atoms with van der Waals surface area (Å²) in [6.45, 7) is 2.73. The molecule has 3 heteroatoms. The Morgan fingerprint density at radius 1 is 1.33 bits per heavy atom. The average molecular weight is 213 g/mol. The molecule has 1 atom stereocenters. The lowest BCUT2D eigenvalue weighted by atomic mass is 10.2. The maximum Gasteiger partial charge on any atom is 0.323 e. The third-order valence-corrected chi connectivity index (χ3v) is 2.89. The highest BCUT2D eigenvalue weighted by Gasteiger charge is 2.34. The predicted molar refractivity (Wildman–Crippen MR) is 60.4 cm³/mol. The Kier molecular flexibility index (Phi) is 5.69. The van der Waals surface area contributed by atoms with Crippen molar-refractivity contribution >= 4 is 5.97 Å². The van der Waals surface area contributed by atoms with Gasteiger partial charge in [-0.05, 0) is 25.2 Å². The van der Waals surface area contributed by atoms with Gasteiger partial charge in [0.05, 0.1) is 6.61 Å². The fourth-order valence-electron chi connectivity index (χ4n) is 1.62. The van der Waals surface area contributed by atoms with Crippen molar-refractivity contribution in [1.82, 2.24) is 0 Å². The number of ether oxygens (including phenoxy) is 1. The highest BCUT2D eigenvalue weighted by molar-refractivity contribution is 5.76. The number of hydrogen-bond acceptors (Lipinski definition) is 3. The summed E-state index contributed by atoms with van der Waals surface area (Å²) in [5, 5.41) is 0. The van der Waals surface area contributed by atoms with Crippen LogP contribution in [0.5, 0.6) is 0 Å². The number of carbonyl (C=O) groups excluding carboxylic acids is 1. The molecule has 0 amide bonds. The van der Waals surface area contributed by atoms with E-state index in [1.807, 2.05) is 0 Å². The van der Waals surface area contributed by atoms with Crippen LogP contribution < -0.4 is 5.73 Å². The van der Waals surface area contributed by atoms with Crippen molar-refractivity contribution in [2.75, 3.05) is 6.61 Å². The fraction of sp³-hybridized carbons (Fsp3) is 0.917. The van der Waals surface area contributed by atoms with E-state index in [-0.39, 0.29) is 12.0 Å². The second-order valence-electron chi connectivity index (χ2n) is 4.44. The van der Waals surface area contributed by atoms with Crippen molar-refractivity contribution in [3.05, 3.63) is 0 Å². The molecule has 0 aromatic carbocycles. The van der Waals surface area contributed by atoms with Crippen LogP contribution in [0, 0.1) is 5.92 Å². The van der Waals surface area contributed by atoms with Gasteiger partial charge in [0, 0.05) is 0 Å². The van der Waals surface area contributed by atoms with Crippen LogP contribution >= 0.6 is 0 Å². The van der Waals surface area contributed by atoms with Crippen molar-refractivity contribution in [2.24, 2.45) is 11.7 Å². The molecule has 1 unspecified atom stereocenters. The Hall–Kier alpha value is -0.570. The number of hydrogen-bond donors (Lipinski definition) is 1. The van der Waals surface area contributed by atoms with E-state index in [9.17, 15) is 4.79 Å². The Bertz CT molecular complexity index is 190. The van der Waals surface area contributed by atoms with Crippen molar-refractivity contribution in [3.63, 3.8) is 0 Å². The van der Waals surface area contributed by atoms with Gasteiger partial charge in [-0.2, -0.15) is 0 Å². The van der Waals surface area contributed by atoms with E-state index in [4.69, 9.17) is 10.5 Å². The van der Waals surface area contributed by atoms with Gasteiger partial charge in [-0.15, -0.1) is 0 Å². The van der Waals surface area contributed by atoms with Crippen LogP contribution in [0.4, 0.5) is 0 Å². The molecule has 1 fully saturated rings. The van der Waals surface area contributed by atoms with Crippen molar-refractivity contribution < 1.29 is 9.53 Å². The molecule has 15 heavy (non-hydrogen) atoms. The average Bonchev–Trinajstić information content (AvgIpc) is 3.05. The zero-order valence-corrected chi connectivity index (χ0v) is 9.71. The topological polar surface area (TPSA) is 52.3 Å². The van der Waals surface area contributed by atoms with Crippen LogP contribution in [0.25, 0.3) is 0 Å². The second kappa shape index (κ2) is 6.83. The van der Waals surface area contributed by atoms with Gasteiger partial charge in [0.1, 0.15) is 6.04 Å². The van der Waals surface area contributed by atoms with Gasteiger partial charge in [0.15, 0.2) is 0 Å². The van der Waals surface area contributed by atoms with E-state index in [0.717, 1.165) is 25.7 Å². The number of rotatable bonds is 8. The van der Waals surface area contributed by atoms with Crippen LogP contribution in [0.1, 0.15) is 51.9 Å². The molecule has 88 valence electrons. The molecule has 0 radical (unpaired) electrons. The summed E-state index contributed by atoms with van der Waals surface area (Å²) in [5.74, 6) is 0.200. The summed E-state index contributed by atoms with van der Waals surface area (Å²) < 4.78 is 5.12. The summed E-state index contributed by atoms with van der Waals surface area (Å²) >= 11 is 0. The first-order valence-electron chi connectivity index (χ1n) is 6.18. The first-order chi connectivity index (χ1) is 7.25. The minimum Gasteiger partial charge on any atom is -0.465 e. The molecule has 0 aliphatic heterocycles. The summed E-state index contributed by atoms with van der Waals surface area (Å²) in [7, 11) is 0. The van der Waals surface area contributed by atoms with Gasteiger partial charge < -0.3 is 10.5 Å². The lowest BCUT2D eigenvalue weighted by molar-refractivity contribution is -0.145. The highest BCUT2D eigenvalue weighted by Crippen LogP contribution is 2.31. The summed E-state index contributed by atoms with van der Waals surface area (Å²) in [4.78, 5) is 11.4. The third-order valence-electron chi connectivity index (χ3n) is 2.89. The van der Waals surface area contributed by atoms with Gasteiger partial charge >= 0.3 is 5.97 Å². The van der Waals surface area contributed by atoms with Crippen molar-refractivity contribution in [3.8, 4) is 0 Å². The number of carbonyl (C=O) groups is 1. The summed E-state index contributed by atoms with van der Waals surface area (Å²) in [5.41, 5.74) is 5.71. The number of nitrogens with two attached hydrogens (primary N) is 1. The van der Waals surface area contributed by atoms with E-state index in [0.29, 0.717) is 12.5 Å². The van der Waals surface area contributed by atoms with Gasteiger partial charge in [0.2, 0.25) is 0 Å². The Morgan fingerprint density at radius 2 is 2.00 bits per heavy atom. The van der Waals surface area contributed by atoms with Crippen LogP contribution in [0.2, 0.25) is 0 Å². The first-order valence-corrected chi connectivity index (χ1v) is 6.18. The molecule has 0 saturated heterocycles. The number of esters is 1. The SMILES string of the molecule is CCCCCCCOC(=O)C(N)C1CC1. The van der Waals surface area contributed by atoms with E-state index in [2.05, 4.69) is 6.92 Å². The van der Waals surface area contributed by atoms with E-state index >= 15 is 0 Å². The fourth-order valence-corrected chi connectivity index (χ4v) is 1.62. The molecule has 1 saturated carbocycles. The largest absolute Gasteiger partial charge is 0.465 e. The quantitative estimate of drug-likeness (QED) is 0.497. The molecule has 1 rings (SSSR count). The van der Waals surface area contributed by atoms with Crippen LogP contribution in [0.3, 0.4) is 0 Å². The van der Waals surface area contributed by atoms with Gasteiger partial charge in [0.25, 0.3) is 0 Å². The smallest absolute Gasteiger partial charge is 0.323 e. The van der Waals surface area contributed by atoms with E-state index in [1.165, 1.54) is 19.3 Å². The molecule has 0 aromatic heterocycles. The van der Waals surface area contributed by atoms with Crippen LogP contribution in [0.15, 0.2) is 0 Å². The third kappa shape index (κ3) is 5.17. The Labute approximate surface area is 92.4 Å². The molecule has 0 aromatic rings. The van der Waals surface area contributed by atoms with Crippen LogP contribution in [-0.4, -0.2) is 18.6 Å². The molecule has 2 N–H and O–H groups in total. The molecule has 0 bridgehead atoms. The molecule has 1 aliphatic rings. The Balaban J connectivity index is 1.92. The van der Waals surface area contributed by atoms with Crippen molar-refractivity contribution in [2.45, 2.75) is 57.9 Å². The summed E-state index contributed by atoms with van der Waals surface area (Å²) in [6.07, 6.45) is 8.06. The van der Waals surface area contributed by atoms with E-state index in [1.54, 1.807) is 0 Å². The standard InChI is InChI=1S/C12H23NO2/c1-2-3-4-5-6-9-15-12(14)11(13)10-7-8-10/h10-11H,2-9,13H2,1H3. The maximum atomic E-state index is 11.4. The highest BCUT2D eigenvalue weighted by atomic mass is 16.5. The molecule has 0 heterocycles. The molecular weight excluding hydrogens is 190 g/mol. The molecular formula is C12H23NO2.